The number of amides is 1. The maximum Gasteiger partial charge on any atom is 0.300 e. The Morgan fingerprint density at radius 1 is 1.09 bits per heavy atom. The van der Waals surface area contributed by atoms with Gasteiger partial charge in [-0.05, 0) is 37.3 Å². The largest absolute Gasteiger partial charge is 0.507 e. The van der Waals surface area contributed by atoms with Gasteiger partial charge in [0.1, 0.15) is 28.3 Å². The molecule has 1 fully saturated rings. The summed E-state index contributed by atoms with van der Waals surface area (Å²) < 4.78 is 21.7. The van der Waals surface area contributed by atoms with Crippen LogP contribution in [0.25, 0.3) is 5.76 Å². The molecular formula is C25H21Cl2NO7. The zero-order valence-electron chi connectivity index (χ0n) is 19.0. The number of aliphatic hydroxyl groups excluding tert-OH is 1. The summed E-state index contributed by atoms with van der Waals surface area (Å²) in [5.41, 5.74) is 0.180. The predicted molar refractivity (Wildman–Crippen MR) is 131 cm³/mol. The molecule has 0 radical (unpaired) electrons. The average Bonchev–Trinajstić information content (AvgIpc) is 3.46. The van der Waals surface area contributed by atoms with Gasteiger partial charge in [-0.25, -0.2) is 0 Å². The fourth-order valence-corrected chi connectivity index (χ4v) is 4.68. The highest BCUT2D eigenvalue weighted by atomic mass is 35.5. The van der Waals surface area contributed by atoms with Gasteiger partial charge < -0.3 is 23.7 Å². The van der Waals surface area contributed by atoms with E-state index in [0.717, 1.165) is 0 Å². The highest BCUT2D eigenvalue weighted by molar-refractivity contribution is 6.51. The molecule has 1 saturated heterocycles. The van der Waals surface area contributed by atoms with Crippen molar-refractivity contribution in [2.24, 2.45) is 0 Å². The first-order valence-corrected chi connectivity index (χ1v) is 11.3. The van der Waals surface area contributed by atoms with E-state index in [0.29, 0.717) is 18.0 Å². The third kappa shape index (κ3) is 4.19. The van der Waals surface area contributed by atoms with Gasteiger partial charge in [0.05, 0.1) is 43.2 Å². The molecule has 10 heteroatoms. The summed E-state index contributed by atoms with van der Waals surface area (Å²) in [6.07, 6.45) is 1.41. The molecule has 0 bridgehead atoms. The lowest BCUT2D eigenvalue weighted by Crippen LogP contribution is -2.29. The second kappa shape index (κ2) is 9.93. The van der Waals surface area contributed by atoms with Crippen molar-refractivity contribution in [2.75, 3.05) is 25.7 Å². The predicted octanol–water partition coefficient (Wildman–Crippen LogP) is 5.63. The van der Waals surface area contributed by atoms with E-state index < -0.39 is 23.5 Å². The average molecular weight is 518 g/mol. The van der Waals surface area contributed by atoms with E-state index in [-0.39, 0.29) is 38.4 Å². The molecule has 2 aromatic carbocycles. The van der Waals surface area contributed by atoms with E-state index in [4.69, 9.17) is 41.8 Å². The molecular weight excluding hydrogens is 497 g/mol. The molecule has 182 valence electrons. The Bertz CT molecular complexity index is 1320. The van der Waals surface area contributed by atoms with Crippen LogP contribution in [-0.4, -0.2) is 37.6 Å². The number of furan rings is 1. The Morgan fingerprint density at radius 3 is 2.46 bits per heavy atom. The second-order valence-electron chi connectivity index (χ2n) is 7.40. The second-order valence-corrected chi connectivity index (χ2v) is 8.19. The quantitative estimate of drug-likeness (QED) is 0.246. The molecule has 1 N–H and O–H groups in total. The van der Waals surface area contributed by atoms with Gasteiger partial charge in [-0.2, -0.15) is 0 Å². The molecule has 1 aliphatic heterocycles. The van der Waals surface area contributed by atoms with Crippen molar-refractivity contribution in [3.05, 3.63) is 75.7 Å². The molecule has 0 spiro atoms. The van der Waals surface area contributed by atoms with Crippen LogP contribution in [0.1, 0.15) is 24.3 Å². The van der Waals surface area contributed by atoms with Crippen molar-refractivity contribution in [3.8, 4) is 17.2 Å². The first-order chi connectivity index (χ1) is 16.8. The van der Waals surface area contributed by atoms with Gasteiger partial charge in [0.15, 0.2) is 11.5 Å². The lowest BCUT2D eigenvalue weighted by Gasteiger charge is -2.24. The first-order valence-electron chi connectivity index (χ1n) is 10.5. The number of halogens is 2. The highest BCUT2D eigenvalue weighted by Crippen LogP contribution is 2.48. The van der Waals surface area contributed by atoms with Crippen LogP contribution in [0, 0.1) is 0 Å². The van der Waals surface area contributed by atoms with Crippen molar-refractivity contribution < 1.29 is 33.3 Å². The minimum absolute atomic E-state index is 0.00255. The van der Waals surface area contributed by atoms with E-state index in [1.807, 2.05) is 6.92 Å². The van der Waals surface area contributed by atoms with Crippen LogP contribution < -0.4 is 19.1 Å². The fourth-order valence-electron chi connectivity index (χ4n) is 4.00. The Morgan fingerprint density at radius 2 is 1.83 bits per heavy atom. The van der Waals surface area contributed by atoms with Gasteiger partial charge in [-0.1, -0.05) is 29.3 Å². The maximum atomic E-state index is 13.3. The van der Waals surface area contributed by atoms with E-state index in [1.54, 1.807) is 36.4 Å². The van der Waals surface area contributed by atoms with Gasteiger partial charge in [0.2, 0.25) is 0 Å². The molecule has 4 rings (SSSR count). The summed E-state index contributed by atoms with van der Waals surface area (Å²) >= 11 is 12.7. The van der Waals surface area contributed by atoms with Gasteiger partial charge >= 0.3 is 0 Å². The normalized spacial score (nSPS) is 17.1. The van der Waals surface area contributed by atoms with Crippen molar-refractivity contribution in [3.63, 3.8) is 0 Å². The van der Waals surface area contributed by atoms with Crippen LogP contribution in [0.5, 0.6) is 17.2 Å². The molecule has 0 saturated carbocycles. The summed E-state index contributed by atoms with van der Waals surface area (Å²) in [7, 11) is 2.72. The molecule has 1 aromatic heterocycles. The van der Waals surface area contributed by atoms with E-state index in [2.05, 4.69) is 0 Å². The van der Waals surface area contributed by atoms with Crippen LogP contribution in [0.2, 0.25) is 10.0 Å². The third-order valence-corrected chi connectivity index (χ3v) is 6.08. The van der Waals surface area contributed by atoms with Crippen LogP contribution in [0.15, 0.2) is 58.7 Å². The zero-order chi connectivity index (χ0) is 25.3. The molecule has 0 aliphatic carbocycles. The number of carbonyl (C=O) groups excluding carboxylic acids is 2. The molecule has 8 nitrogen and oxygen atoms in total. The molecule has 35 heavy (non-hydrogen) atoms. The summed E-state index contributed by atoms with van der Waals surface area (Å²) in [6.45, 7) is 2.25. The molecule has 1 unspecified atom stereocenters. The van der Waals surface area contributed by atoms with Crippen LogP contribution >= 0.6 is 23.2 Å². The summed E-state index contributed by atoms with van der Waals surface area (Å²) in [6, 6.07) is 10.2. The van der Waals surface area contributed by atoms with E-state index in [1.165, 1.54) is 31.4 Å². The topological polar surface area (TPSA) is 98.4 Å². The summed E-state index contributed by atoms with van der Waals surface area (Å²) in [4.78, 5) is 27.8. The number of ether oxygens (including phenoxy) is 3. The molecule has 3 aromatic rings. The highest BCUT2D eigenvalue weighted by Gasteiger charge is 2.48. The molecule has 1 atom stereocenters. The van der Waals surface area contributed by atoms with Crippen molar-refractivity contribution in [1.82, 2.24) is 0 Å². The zero-order valence-corrected chi connectivity index (χ0v) is 20.5. The fraction of sp³-hybridized carbons (Fsp3) is 0.200. The van der Waals surface area contributed by atoms with Gasteiger partial charge in [0.25, 0.3) is 11.7 Å². The summed E-state index contributed by atoms with van der Waals surface area (Å²) in [5, 5.41) is 11.5. The van der Waals surface area contributed by atoms with Crippen LogP contribution in [-0.2, 0) is 9.59 Å². The molecule has 1 amide bonds. The number of carbonyl (C=O) groups is 2. The number of ketones is 1. The number of Topliss-reactive ketones (excluding diaryl/α,β-unsaturated/α-hetero) is 1. The number of rotatable bonds is 7. The monoisotopic (exact) mass is 517 g/mol. The lowest BCUT2D eigenvalue weighted by atomic mass is 9.98. The van der Waals surface area contributed by atoms with E-state index >= 15 is 0 Å². The number of nitrogens with zero attached hydrogens (tertiary/aromatic N) is 1. The van der Waals surface area contributed by atoms with Gasteiger partial charge in [-0.15, -0.1) is 0 Å². The number of aliphatic hydroxyl groups is 1. The molecule has 2 heterocycles. The maximum absolute atomic E-state index is 13.3. The Balaban J connectivity index is 1.96. The number of hydrogen-bond donors (Lipinski definition) is 1. The van der Waals surface area contributed by atoms with Gasteiger partial charge in [-0.3, -0.25) is 14.5 Å². The van der Waals surface area contributed by atoms with Crippen molar-refractivity contribution >= 4 is 46.3 Å². The first kappa shape index (κ1) is 24.5. The third-order valence-electron chi connectivity index (χ3n) is 5.46. The SMILES string of the molecule is CCOc1cccc(N2C(=O)C(=O)/C(=C(\O)c3cc(Cl)c(OC)c(Cl)c3OC)C2c2ccco2)c1. The number of anilines is 1. The van der Waals surface area contributed by atoms with Crippen LogP contribution in [0.4, 0.5) is 5.69 Å². The minimum atomic E-state index is -1.08. The van der Waals surface area contributed by atoms with Gasteiger partial charge in [0, 0.05) is 11.8 Å². The summed E-state index contributed by atoms with van der Waals surface area (Å²) in [5.74, 6) is -1.37. The van der Waals surface area contributed by atoms with Crippen LogP contribution in [0.3, 0.4) is 0 Å². The smallest absolute Gasteiger partial charge is 0.300 e. The molecule has 1 aliphatic rings. The number of methoxy groups -OCH3 is 2. The van der Waals surface area contributed by atoms with E-state index in [9.17, 15) is 14.7 Å². The minimum Gasteiger partial charge on any atom is -0.507 e. The lowest BCUT2D eigenvalue weighted by molar-refractivity contribution is -0.132. The Kier molecular flexibility index (Phi) is 6.95. The van der Waals surface area contributed by atoms with Crippen molar-refractivity contribution in [2.45, 2.75) is 13.0 Å². The van der Waals surface area contributed by atoms with Crippen molar-refractivity contribution in [1.29, 1.82) is 0 Å². The number of hydrogen-bond acceptors (Lipinski definition) is 7. The Hall–Kier alpha value is -3.62. The standard InChI is InChI=1S/C25H21Cl2NO7/c1-4-34-14-8-5-7-13(11-14)28-20(17-9-6-10-35-17)18(22(30)25(28)31)21(29)15-12-16(26)24(33-3)19(27)23(15)32-2/h5-12,20,29H,4H2,1-3H3/b21-18-. The Labute approximate surface area is 211 Å². The number of benzene rings is 2.